The number of nitrogens with zero attached hydrogens (tertiary/aromatic N) is 1. The number of aryl methyl sites for hydroxylation is 1. The van der Waals surface area contributed by atoms with Gasteiger partial charge >= 0.3 is 0 Å². The first kappa shape index (κ1) is 16.0. The summed E-state index contributed by atoms with van der Waals surface area (Å²) in [7, 11) is 0. The van der Waals surface area contributed by atoms with E-state index in [4.69, 9.17) is 4.84 Å². The standard InChI is InChI=1S/C22H21NO/c1-2-18-9-8-10-19(15-18)16-23-24-17-21-13-6-7-14-22(21)20-11-4-3-5-12-20/h3-16H,2,17H2,1H3. The van der Waals surface area contributed by atoms with Gasteiger partial charge in [0.25, 0.3) is 0 Å². The van der Waals surface area contributed by atoms with Crippen molar-refractivity contribution < 1.29 is 4.84 Å². The van der Waals surface area contributed by atoms with E-state index in [9.17, 15) is 0 Å². The third-order valence-electron chi connectivity index (χ3n) is 3.96. The Morgan fingerprint density at radius 1 is 0.875 bits per heavy atom. The smallest absolute Gasteiger partial charge is 0.142 e. The molecular weight excluding hydrogens is 294 g/mol. The Morgan fingerprint density at radius 3 is 2.50 bits per heavy atom. The molecule has 0 aromatic heterocycles. The fourth-order valence-corrected chi connectivity index (χ4v) is 2.64. The third kappa shape index (κ3) is 4.11. The van der Waals surface area contributed by atoms with Crippen LogP contribution in [-0.2, 0) is 17.9 Å². The van der Waals surface area contributed by atoms with E-state index in [-0.39, 0.29) is 0 Å². The van der Waals surface area contributed by atoms with Crippen molar-refractivity contribution in [1.29, 1.82) is 0 Å². The quantitative estimate of drug-likeness (QED) is 0.437. The Balaban J connectivity index is 1.68. The Bertz CT molecular complexity index is 809. The molecule has 0 aliphatic rings. The van der Waals surface area contributed by atoms with Crippen molar-refractivity contribution >= 4 is 6.21 Å². The van der Waals surface area contributed by atoms with Crippen molar-refractivity contribution in [2.24, 2.45) is 5.16 Å². The zero-order valence-electron chi connectivity index (χ0n) is 13.9. The minimum absolute atomic E-state index is 0.453. The molecule has 3 aromatic rings. The van der Waals surface area contributed by atoms with E-state index in [2.05, 4.69) is 48.5 Å². The first-order chi connectivity index (χ1) is 11.9. The highest BCUT2D eigenvalue weighted by molar-refractivity contribution is 5.79. The summed E-state index contributed by atoms with van der Waals surface area (Å²) in [6.45, 7) is 2.60. The fraction of sp³-hybridized carbons (Fsp3) is 0.136. The highest BCUT2D eigenvalue weighted by Gasteiger charge is 2.04. The minimum Gasteiger partial charge on any atom is -0.391 e. The van der Waals surface area contributed by atoms with E-state index in [0.29, 0.717) is 6.61 Å². The lowest BCUT2D eigenvalue weighted by atomic mass is 10.0. The van der Waals surface area contributed by atoms with Crippen LogP contribution in [0.5, 0.6) is 0 Å². The summed E-state index contributed by atoms with van der Waals surface area (Å²) in [5.74, 6) is 0. The zero-order valence-corrected chi connectivity index (χ0v) is 13.9. The van der Waals surface area contributed by atoms with E-state index in [1.54, 1.807) is 6.21 Å². The molecule has 0 fully saturated rings. The molecule has 0 radical (unpaired) electrons. The number of benzene rings is 3. The van der Waals surface area contributed by atoms with Gasteiger partial charge in [0.2, 0.25) is 0 Å². The SMILES string of the molecule is CCc1cccc(C=NOCc2ccccc2-c2ccccc2)c1. The summed E-state index contributed by atoms with van der Waals surface area (Å²) in [5.41, 5.74) is 5.86. The molecule has 0 N–H and O–H groups in total. The lowest BCUT2D eigenvalue weighted by Crippen LogP contribution is -1.92. The van der Waals surface area contributed by atoms with Crippen LogP contribution in [-0.4, -0.2) is 6.21 Å². The highest BCUT2D eigenvalue weighted by Crippen LogP contribution is 2.23. The Labute approximate surface area is 143 Å². The van der Waals surface area contributed by atoms with Gasteiger partial charge in [0, 0.05) is 0 Å². The first-order valence-corrected chi connectivity index (χ1v) is 8.24. The molecule has 0 unspecified atom stereocenters. The molecule has 2 heteroatoms. The molecule has 0 saturated carbocycles. The predicted molar refractivity (Wildman–Crippen MR) is 100 cm³/mol. The monoisotopic (exact) mass is 315 g/mol. The van der Waals surface area contributed by atoms with Crippen LogP contribution in [0.15, 0.2) is 84.0 Å². The van der Waals surface area contributed by atoms with Gasteiger partial charge < -0.3 is 4.84 Å². The van der Waals surface area contributed by atoms with Crippen molar-refractivity contribution in [3.8, 4) is 11.1 Å². The summed E-state index contributed by atoms with van der Waals surface area (Å²) >= 11 is 0. The number of hydrogen-bond acceptors (Lipinski definition) is 2. The summed E-state index contributed by atoms with van der Waals surface area (Å²) in [6, 6.07) is 26.9. The summed E-state index contributed by atoms with van der Waals surface area (Å²) in [5, 5.41) is 4.12. The van der Waals surface area contributed by atoms with Gasteiger partial charge in [-0.2, -0.15) is 0 Å². The zero-order chi connectivity index (χ0) is 16.6. The second-order valence-corrected chi connectivity index (χ2v) is 5.63. The van der Waals surface area contributed by atoms with Gasteiger partial charge in [0.15, 0.2) is 0 Å². The molecule has 0 atom stereocenters. The summed E-state index contributed by atoms with van der Waals surface area (Å²) in [6.07, 6.45) is 2.79. The molecule has 2 nitrogen and oxygen atoms in total. The maximum Gasteiger partial charge on any atom is 0.142 e. The average Bonchev–Trinajstić information content (AvgIpc) is 2.66. The van der Waals surface area contributed by atoms with Crippen LogP contribution in [0.4, 0.5) is 0 Å². The molecular formula is C22H21NO. The topological polar surface area (TPSA) is 21.6 Å². The van der Waals surface area contributed by atoms with Gasteiger partial charge in [0.1, 0.15) is 6.61 Å². The molecule has 3 rings (SSSR count). The molecule has 0 spiro atoms. The van der Waals surface area contributed by atoms with Crippen LogP contribution < -0.4 is 0 Å². The van der Waals surface area contributed by atoms with Crippen LogP contribution >= 0.6 is 0 Å². The van der Waals surface area contributed by atoms with Crippen LogP contribution in [0.1, 0.15) is 23.6 Å². The van der Waals surface area contributed by atoms with E-state index in [0.717, 1.165) is 17.5 Å². The second-order valence-electron chi connectivity index (χ2n) is 5.63. The Hall–Kier alpha value is -2.87. The molecule has 0 aliphatic heterocycles. The molecule has 24 heavy (non-hydrogen) atoms. The molecule has 120 valence electrons. The molecule has 0 aliphatic carbocycles. The van der Waals surface area contributed by atoms with Crippen molar-refractivity contribution in [2.45, 2.75) is 20.0 Å². The van der Waals surface area contributed by atoms with Crippen LogP contribution in [0, 0.1) is 0 Å². The fourth-order valence-electron chi connectivity index (χ4n) is 2.64. The molecule has 0 amide bonds. The van der Waals surface area contributed by atoms with Gasteiger partial charge in [-0.05, 0) is 34.2 Å². The van der Waals surface area contributed by atoms with Gasteiger partial charge in [0.05, 0.1) is 6.21 Å². The van der Waals surface area contributed by atoms with Crippen molar-refractivity contribution in [3.05, 3.63) is 95.6 Å². The van der Waals surface area contributed by atoms with E-state index in [1.165, 1.54) is 16.7 Å². The average molecular weight is 315 g/mol. The van der Waals surface area contributed by atoms with Crippen LogP contribution in [0.3, 0.4) is 0 Å². The molecule has 0 saturated heterocycles. The van der Waals surface area contributed by atoms with E-state index < -0.39 is 0 Å². The second kappa shape index (κ2) is 8.11. The van der Waals surface area contributed by atoms with Crippen LogP contribution in [0.25, 0.3) is 11.1 Å². The lowest BCUT2D eigenvalue weighted by molar-refractivity contribution is 0.132. The molecule has 0 heterocycles. The predicted octanol–water partition coefficient (Wildman–Crippen LogP) is 5.47. The maximum absolute atomic E-state index is 5.53. The molecule has 3 aromatic carbocycles. The van der Waals surface area contributed by atoms with Gasteiger partial charge in [-0.3, -0.25) is 0 Å². The van der Waals surface area contributed by atoms with Gasteiger partial charge in [-0.15, -0.1) is 0 Å². The van der Waals surface area contributed by atoms with Crippen molar-refractivity contribution in [2.75, 3.05) is 0 Å². The largest absolute Gasteiger partial charge is 0.391 e. The van der Waals surface area contributed by atoms with Gasteiger partial charge in [-0.25, -0.2) is 0 Å². The summed E-state index contributed by atoms with van der Waals surface area (Å²) < 4.78 is 0. The Morgan fingerprint density at radius 2 is 1.67 bits per heavy atom. The first-order valence-electron chi connectivity index (χ1n) is 8.24. The lowest BCUT2D eigenvalue weighted by Gasteiger charge is -2.08. The minimum atomic E-state index is 0.453. The Kier molecular flexibility index (Phi) is 5.41. The number of hydrogen-bond donors (Lipinski definition) is 0. The van der Waals surface area contributed by atoms with Crippen molar-refractivity contribution in [3.63, 3.8) is 0 Å². The van der Waals surface area contributed by atoms with E-state index in [1.807, 2.05) is 42.5 Å². The number of rotatable bonds is 6. The normalized spacial score (nSPS) is 10.9. The third-order valence-corrected chi connectivity index (χ3v) is 3.96. The number of oxime groups is 1. The van der Waals surface area contributed by atoms with Gasteiger partial charge in [-0.1, -0.05) is 90.9 Å². The highest BCUT2D eigenvalue weighted by atomic mass is 16.6. The molecule has 0 bridgehead atoms. The van der Waals surface area contributed by atoms with Crippen LogP contribution in [0.2, 0.25) is 0 Å². The summed E-state index contributed by atoms with van der Waals surface area (Å²) in [4.78, 5) is 5.53. The van der Waals surface area contributed by atoms with E-state index >= 15 is 0 Å². The van der Waals surface area contributed by atoms with Crippen molar-refractivity contribution in [1.82, 2.24) is 0 Å². The maximum atomic E-state index is 5.53.